The van der Waals surface area contributed by atoms with Crippen LogP contribution in [0, 0.1) is 28.6 Å². The summed E-state index contributed by atoms with van der Waals surface area (Å²) in [5.74, 6) is -2.09. The molecule has 4 aliphatic carbocycles. The first-order valence-corrected chi connectivity index (χ1v) is 10.1. The fourth-order valence-corrected chi connectivity index (χ4v) is 7.17. The first-order valence-electron chi connectivity index (χ1n) is 10.1. The third kappa shape index (κ3) is 2.06. The Morgan fingerprint density at radius 2 is 2.00 bits per heavy atom. The Hall–Kier alpha value is -1.40. The van der Waals surface area contributed by atoms with Crippen LogP contribution in [0.4, 0.5) is 8.78 Å². The van der Waals surface area contributed by atoms with Crippen LogP contribution in [0.3, 0.4) is 0 Å². The molecular weight excluding hydrogens is 366 g/mol. The van der Waals surface area contributed by atoms with E-state index in [1.165, 1.54) is 12.2 Å². The summed E-state index contributed by atoms with van der Waals surface area (Å²) in [5.41, 5.74) is -5.42. The predicted molar refractivity (Wildman–Crippen MR) is 98.8 cm³/mol. The molecule has 0 amide bonds. The number of aliphatic hydroxyl groups is 2. The van der Waals surface area contributed by atoms with Gasteiger partial charge in [0, 0.05) is 16.7 Å². The molecule has 28 heavy (non-hydrogen) atoms. The standard InChI is InChI=1S/C22H28F2O4/c1-12-8-16-14-5-7-21(28,18(27)11-23)20(14,3)10-17(26)22(16,24)19(2)6-4-13(25)9-15(12)19/h4,6,9,12,14,16-17,26,28H,5,7-8,10-11H2,1-3H3/t12-,14-,16+,17-,19-,20+,21-,22-/m0/s1. The van der Waals surface area contributed by atoms with E-state index in [-0.39, 0.29) is 30.5 Å². The topological polar surface area (TPSA) is 74.6 Å². The maximum atomic E-state index is 16.9. The van der Waals surface area contributed by atoms with Gasteiger partial charge < -0.3 is 10.2 Å². The van der Waals surface area contributed by atoms with Gasteiger partial charge in [-0.15, -0.1) is 0 Å². The number of hydrogen-bond donors (Lipinski definition) is 2. The van der Waals surface area contributed by atoms with Crippen molar-refractivity contribution in [1.29, 1.82) is 0 Å². The number of halogens is 2. The second kappa shape index (κ2) is 5.82. The van der Waals surface area contributed by atoms with Crippen LogP contribution in [0.1, 0.15) is 46.5 Å². The highest BCUT2D eigenvalue weighted by Crippen LogP contribution is 2.70. The molecule has 0 heterocycles. The number of rotatable bonds is 2. The Morgan fingerprint density at radius 1 is 1.32 bits per heavy atom. The molecule has 3 fully saturated rings. The van der Waals surface area contributed by atoms with Crippen LogP contribution in [-0.4, -0.2) is 45.8 Å². The summed E-state index contributed by atoms with van der Waals surface area (Å²) in [4.78, 5) is 24.2. The van der Waals surface area contributed by atoms with Crippen molar-refractivity contribution >= 4 is 11.6 Å². The smallest absolute Gasteiger partial charge is 0.195 e. The number of alkyl halides is 2. The molecular formula is C22H28F2O4. The van der Waals surface area contributed by atoms with Gasteiger partial charge in [-0.3, -0.25) is 9.59 Å². The molecule has 0 spiro atoms. The second-order valence-corrected chi connectivity index (χ2v) is 9.75. The van der Waals surface area contributed by atoms with Crippen molar-refractivity contribution in [1.82, 2.24) is 0 Å². The molecule has 4 aliphatic rings. The number of aliphatic hydroxyl groups excluding tert-OH is 1. The van der Waals surface area contributed by atoms with Crippen LogP contribution in [0.5, 0.6) is 0 Å². The van der Waals surface area contributed by atoms with E-state index in [0.717, 1.165) is 0 Å². The van der Waals surface area contributed by atoms with Crippen molar-refractivity contribution in [2.75, 3.05) is 6.67 Å². The van der Waals surface area contributed by atoms with Gasteiger partial charge in [-0.2, -0.15) is 0 Å². The maximum absolute atomic E-state index is 16.9. The Labute approximate surface area is 163 Å². The molecule has 4 nitrogen and oxygen atoms in total. The zero-order valence-corrected chi connectivity index (χ0v) is 16.5. The Kier molecular flexibility index (Phi) is 4.13. The molecule has 0 saturated heterocycles. The van der Waals surface area contributed by atoms with Crippen molar-refractivity contribution in [2.45, 2.75) is 63.8 Å². The summed E-state index contributed by atoms with van der Waals surface area (Å²) < 4.78 is 30.1. The Balaban J connectivity index is 1.84. The summed E-state index contributed by atoms with van der Waals surface area (Å²) in [7, 11) is 0. The average Bonchev–Trinajstić information content (AvgIpc) is 2.91. The lowest BCUT2D eigenvalue weighted by molar-refractivity contribution is -0.220. The SMILES string of the molecule is C[C@H]1C[C@@H]2[C@@H]3CC[C@](O)(C(=O)CF)[C@]3(C)C[C@H](O)[C@]2(F)[C@@]2(C)C=CC(=O)C=C12. The van der Waals surface area contributed by atoms with E-state index in [9.17, 15) is 24.2 Å². The van der Waals surface area contributed by atoms with E-state index >= 15 is 4.39 Å². The molecule has 0 bridgehead atoms. The highest BCUT2D eigenvalue weighted by molar-refractivity contribution is 6.01. The molecule has 154 valence electrons. The van der Waals surface area contributed by atoms with E-state index in [2.05, 4.69) is 0 Å². The zero-order valence-electron chi connectivity index (χ0n) is 16.5. The fourth-order valence-electron chi connectivity index (χ4n) is 7.17. The van der Waals surface area contributed by atoms with E-state index in [0.29, 0.717) is 18.4 Å². The number of carbonyl (C=O) groups excluding carboxylic acids is 2. The summed E-state index contributed by atoms with van der Waals surface area (Å²) in [5, 5.41) is 22.2. The molecule has 0 aromatic heterocycles. The molecule has 3 saturated carbocycles. The van der Waals surface area contributed by atoms with E-state index < -0.39 is 46.6 Å². The van der Waals surface area contributed by atoms with Crippen molar-refractivity contribution in [2.24, 2.45) is 28.6 Å². The minimum absolute atomic E-state index is 0.0760. The minimum atomic E-state index is -2.02. The van der Waals surface area contributed by atoms with Crippen molar-refractivity contribution in [3.05, 3.63) is 23.8 Å². The Morgan fingerprint density at radius 3 is 2.64 bits per heavy atom. The van der Waals surface area contributed by atoms with Crippen LogP contribution < -0.4 is 0 Å². The molecule has 2 N–H and O–H groups in total. The van der Waals surface area contributed by atoms with E-state index in [4.69, 9.17) is 0 Å². The maximum Gasteiger partial charge on any atom is 0.195 e. The normalized spacial score (nSPS) is 52.5. The monoisotopic (exact) mass is 394 g/mol. The van der Waals surface area contributed by atoms with Gasteiger partial charge in [0.1, 0.15) is 5.60 Å². The molecule has 0 aromatic rings. The lowest BCUT2D eigenvalue weighted by Gasteiger charge is -2.63. The second-order valence-electron chi connectivity index (χ2n) is 9.75. The molecule has 0 radical (unpaired) electrons. The van der Waals surface area contributed by atoms with Crippen LogP contribution in [0.25, 0.3) is 0 Å². The van der Waals surface area contributed by atoms with Crippen molar-refractivity contribution < 1.29 is 28.6 Å². The molecule has 0 aliphatic heterocycles. The van der Waals surface area contributed by atoms with E-state index in [1.807, 2.05) is 6.92 Å². The van der Waals surface area contributed by atoms with Crippen LogP contribution in [0.15, 0.2) is 23.8 Å². The van der Waals surface area contributed by atoms with Crippen molar-refractivity contribution in [3.63, 3.8) is 0 Å². The van der Waals surface area contributed by atoms with Gasteiger partial charge in [0.2, 0.25) is 0 Å². The van der Waals surface area contributed by atoms with Crippen LogP contribution in [0.2, 0.25) is 0 Å². The van der Waals surface area contributed by atoms with Gasteiger partial charge in [0.15, 0.2) is 23.9 Å². The largest absolute Gasteiger partial charge is 0.390 e. The van der Waals surface area contributed by atoms with Gasteiger partial charge >= 0.3 is 0 Å². The summed E-state index contributed by atoms with van der Waals surface area (Å²) in [6.07, 6.45) is 3.77. The number of carbonyl (C=O) groups is 2. The third-order valence-electron chi connectivity index (χ3n) is 8.70. The third-order valence-corrected chi connectivity index (χ3v) is 8.70. The highest BCUT2D eigenvalue weighted by atomic mass is 19.1. The predicted octanol–water partition coefficient (Wildman–Crippen LogP) is 2.87. The first-order chi connectivity index (χ1) is 13.0. The van der Waals surface area contributed by atoms with Gasteiger partial charge in [0.25, 0.3) is 0 Å². The van der Waals surface area contributed by atoms with Crippen LogP contribution >= 0.6 is 0 Å². The lowest BCUT2D eigenvalue weighted by atomic mass is 9.43. The van der Waals surface area contributed by atoms with Gasteiger partial charge in [0.05, 0.1) is 6.10 Å². The molecule has 4 rings (SSSR count). The van der Waals surface area contributed by atoms with Gasteiger partial charge in [-0.1, -0.05) is 25.5 Å². The molecule has 6 heteroatoms. The van der Waals surface area contributed by atoms with Gasteiger partial charge in [-0.25, -0.2) is 8.78 Å². The van der Waals surface area contributed by atoms with Gasteiger partial charge in [-0.05, 0) is 56.6 Å². The van der Waals surface area contributed by atoms with E-state index in [1.54, 1.807) is 19.9 Å². The summed E-state index contributed by atoms with van der Waals surface area (Å²) >= 11 is 0. The minimum Gasteiger partial charge on any atom is -0.390 e. The lowest BCUT2D eigenvalue weighted by Crippen LogP contribution is -2.69. The number of fused-ring (bicyclic) bond motifs is 5. The zero-order chi connectivity index (χ0) is 20.7. The average molecular weight is 394 g/mol. The highest BCUT2D eigenvalue weighted by Gasteiger charge is 2.74. The van der Waals surface area contributed by atoms with Crippen LogP contribution in [-0.2, 0) is 9.59 Å². The Bertz CT molecular complexity index is 806. The molecule has 8 atom stereocenters. The fraction of sp³-hybridized carbons (Fsp3) is 0.727. The number of ketones is 2. The summed E-state index contributed by atoms with van der Waals surface area (Å²) in [6, 6.07) is 0. The molecule has 0 aromatic carbocycles. The number of allylic oxidation sites excluding steroid dienone is 4. The first kappa shape index (κ1) is 19.9. The number of Topliss-reactive ketones (excluding diaryl/α,β-unsaturated/α-hetero) is 1. The quantitative estimate of drug-likeness (QED) is 0.755. The number of hydrogen-bond acceptors (Lipinski definition) is 4. The van der Waals surface area contributed by atoms with Crippen molar-refractivity contribution in [3.8, 4) is 0 Å². The molecule has 0 unspecified atom stereocenters. The summed E-state index contributed by atoms with van der Waals surface area (Å²) in [6.45, 7) is 4.10.